The summed E-state index contributed by atoms with van der Waals surface area (Å²) in [6.07, 6.45) is 0.958. The summed E-state index contributed by atoms with van der Waals surface area (Å²) in [4.78, 5) is 4.19. The number of rotatable bonds is 8. The summed E-state index contributed by atoms with van der Waals surface area (Å²) in [5, 5.41) is 7.28. The van der Waals surface area contributed by atoms with Gasteiger partial charge >= 0.3 is 0 Å². The van der Waals surface area contributed by atoms with Crippen molar-refractivity contribution in [2.45, 2.75) is 26.8 Å². The molecule has 0 heterocycles. The molecule has 1 rings (SSSR count). The van der Waals surface area contributed by atoms with E-state index in [1.54, 1.807) is 7.05 Å². The second kappa shape index (κ2) is 13.0. The van der Waals surface area contributed by atoms with Crippen molar-refractivity contribution in [1.82, 2.24) is 10.6 Å². The molecule has 0 unspecified atom stereocenters. The molecule has 0 saturated carbocycles. The summed E-state index contributed by atoms with van der Waals surface area (Å²) in [6, 6.07) is 7.80. The van der Waals surface area contributed by atoms with Gasteiger partial charge < -0.3 is 15.4 Å². The number of benzene rings is 1. The number of halogens is 2. The molecule has 0 aliphatic heterocycles. The molecular weight excluding hydrogens is 413 g/mol. The third-order valence-electron chi connectivity index (χ3n) is 2.84. The number of hydrogen-bond donors (Lipinski definition) is 2. The average molecular weight is 440 g/mol. The largest absolute Gasteiger partial charge is 0.381 e. The maximum Gasteiger partial charge on any atom is 0.191 e. The van der Waals surface area contributed by atoms with Crippen LogP contribution in [0.1, 0.15) is 25.8 Å². The zero-order valence-electron chi connectivity index (χ0n) is 13.6. The first kappa shape index (κ1) is 21.5. The first-order valence-corrected chi connectivity index (χ1v) is 7.77. The third-order valence-corrected chi connectivity index (χ3v) is 3.21. The lowest BCUT2D eigenvalue weighted by molar-refractivity contribution is 0.108. The van der Waals surface area contributed by atoms with Crippen molar-refractivity contribution in [2.24, 2.45) is 10.9 Å². The van der Waals surface area contributed by atoms with Gasteiger partial charge in [0.25, 0.3) is 0 Å². The van der Waals surface area contributed by atoms with E-state index in [1.807, 2.05) is 24.3 Å². The molecule has 0 bridgehead atoms. The Hall–Kier alpha value is -0.530. The summed E-state index contributed by atoms with van der Waals surface area (Å²) in [7, 11) is 1.76. The molecule has 0 atom stereocenters. The molecule has 4 nitrogen and oxygen atoms in total. The maximum atomic E-state index is 6.12. The predicted molar refractivity (Wildman–Crippen MR) is 105 cm³/mol. The van der Waals surface area contributed by atoms with Crippen molar-refractivity contribution in [3.8, 4) is 0 Å². The Morgan fingerprint density at radius 3 is 2.64 bits per heavy atom. The Morgan fingerprint density at radius 1 is 1.27 bits per heavy atom. The average Bonchev–Trinajstić information content (AvgIpc) is 2.47. The number of guanidine groups is 1. The van der Waals surface area contributed by atoms with Crippen LogP contribution in [0, 0.1) is 5.92 Å². The maximum absolute atomic E-state index is 6.12. The van der Waals surface area contributed by atoms with E-state index in [0.717, 1.165) is 42.7 Å². The van der Waals surface area contributed by atoms with Gasteiger partial charge in [-0.2, -0.15) is 0 Å². The highest BCUT2D eigenvalue weighted by atomic mass is 127. The predicted octanol–water partition coefficient (Wildman–Crippen LogP) is 3.69. The van der Waals surface area contributed by atoms with E-state index < -0.39 is 0 Å². The quantitative estimate of drug-likeness (QED) is 0.281. The summed E-state index contributed by atoms with van der Waals surface area (Å²) in [5.74, 6) is 1.36. The first-order valence-electron chi connectivity index (χ1n) is 7.39. The number of nitrogens with one attached hydrogen (secondary N) is 2. The Bertz CT molecular complexity index is 441. The van der Waals surface area contributed by atoms with Crippen molar-refractivity contribution < 1.29 is 4.74 Å². The van der Waals surface area contributed by atoms with Crippen LogP contribution in [-0.4, -0.2) is 32.8 Å². The highest BCUT2D eigenvalue weighted by molar-refractivity contribution is 14.0. The molecule has 0 saturated heterocycles. The highest BCUT2D eigenvalue weighted by Crippen LogP contribution is 2.14. The summed E-state index contributed by atoms with van der Waals surface area (Å²) >= 11 is 6.12. The minimum absolute atomic E-state index is 0. The van der Waals surface area contributed by atoms with Gasteiger partial charge in [0.05, 0.1) is 0 Å². The van der Waals surface area contributed by atoms with E-state index >= 15 is 0 Å². The monoisotopic (exact) mass is 439 g/mol. The third kappa shape index (κ3) is 9.48. The van der Waals surface area contributed by atoms with Gasteiger partial charge in [0.2, 0.25) is 0 Å². The van der Waals surface area contributed by atoms with Crippen LogP contribution >= 0.6 is 35.6 Å². The van der Waals surface area contributed by atoms with Gasteiger partial charge in [-0.1, -0.05) is 43.6 Å². The fourth-order valence-corrected chi connectivity index (χ4v) is 1.94. The van der Waals surface area contributed by atoms with Crippen molar-refractivity contribution in [3.05, 3.63) is 34.9 Å². The van der Waals surface area contributed by atoms with Gasteiger partial charge in [-0.25, -0.2) is 0 Å². The number of aliphatic imine (C=N–C) groups is 1. The zero-order valence-corrected chi connectivity index (χ0v) is 16.7. The van der Waals surface area contributed by atoms with Gasteiger partial charge in [0.15, 0.2) is 5.96 Å². The standard InChI is InChI=1S/C16H26ClN3O.HI/c1-13(2)12-21-10-6-9-19-16(18-3)20-11-14-7-4-5-8-15(14)17;/h4-5,7-8,13H,6,9-12H2,1-3H3,(H2,18,19,20);1H. The molecule has 0 radical (unpaired) electrons. The van der Waals surface area contributed by atoms with Crippen LogP contribution in [0.4, 0.5) is 0 Å². The fraction of sp³-hybridized carbons (Fsp3) is 0.562. The van der Waals surface area contributed by atoms with Crippen LogP contribution in [0.25, 0.3) is 0 Å². The smallest absolute Gasteiger partial charge is 0.191 e. The second-order valence-corrected chi connectivity index (χ2v) is 5.67. The van der Waals surface area contributed by atoms with Crippen LogP contribution in [0.5, 0.6) is 0 Å². The normalized spacial score (nSPS) is 11.2. The minimum atomic E-state index is 0. The molecule has 1 aromatic carbocycles. The number of ether oxygens (including phenoxy) is 1. The number of nitrogens with zero attached hydrogens (tertiary/aromatic N) is 1. The Morgan fingerprint density at radius 2 is 2.00 bits per heavy atom. The molecule has 1 aromatic rings. The van der Waals surface area contributed by atoms with Gasteiger partial charge in [-0.05, 0) is 24.0 Å². The molecule has 0 aromatic heterocycles. The fourth-order valence-electron chi connectivity index (χ4n) is 1.74. The van der Waals surface area contributed by atoms with Crippen LogP contribution in [-0.2, 0) is 11.3 Å². The van der Waals surface area contributed by atoms with Gasteiger partial charge in [-0.15, -0.1) is 24.0 Å². The summed E-state index contributed by atoms with van der Waals surface area (Å²) < 4.78 is 5.54. The lowest BCUT2D eigenvalue weighted by Crippen LogP contribution is -2.37. The van der Waals surface area contributed by atoms with E-state index in [9.17, 15) is 0 Å². The molecule has 126 valence electrons. The molecule has 0 aliphatic rings. The van der Waals surface area contributed by atoms with Crippen molar-refractivity contribution in [3.63, 3.8) is 0 Å². The molecule has 22 heavy (non-hydrogen) atoms. The van der Waals surface area contributed by atoms with E-state index in [1.165, 1.54) is 0 Å². The first-order chi connectivity index (χ1) is 10.1. The Balaban J connectivity index is 0.00000441. The topological polar surface area (TPSA) is 45.7 Å². The molecule has 2 N–H and O–H groups in total. The molecule has 0 amide bonds. The van der Waals surface area contributed by atoms with Crippen molar-refractivity contribution in [2.75, 3.05) is 26.8 Å². The van der Waals surface area contributed by atoms with Crippen molar-refractivity contribution >= 4 is 41.5 Å². The van der Waals surface area contributed by atoms with Crippen molar-refractivity contribution in [1.29, 1.82) is 0 Å². The van der Waals surface area contributed by atoms with E-state index in [-0.39, 0.29) is 24.0 Å². The van der Waals surface area contributed by atoms with Gasteiger partial charge in [0.1, 0.15) is 0 Å². The Labute approximate surface area is 156 Å². The van der Waals surface area contributed by atoms with Crippen LogP contribution < -0.4 is 10.6 Å². The molecular formula is C16H27ClIN3O. The van der Waals surface area contributed by atoms with Gasteiger partial charge in [0, 0.05) is 38.4 Å². The van der Waals surface area contributed by atoms with Crippen LogP contribution in [0.2, 0.25) is 5.02 Å². The lowest BCUT2D eigenvalue weighted by atomic mass is 10.2. The molecule has 6 heteroatoms. The molecule has 0 aliphatic carbocycles. The van der Waals surface area contributed by atoms with Crippen LogP contribution in [0.3, 0.4) is 0 Å². The van der Waals surface area contributed by atoms with E-state index in [2.05, 4.69) is 29.5 Å². The Kier molecular flexibility index (Phi) is 12.6. The molecule has 0 spiro atoms. The summed E-state index contributed by atoms with van der Waals surface area (Å²) in [5.41, 5.74) is 1.06. The van der Waals surface area contributed by atoms with Crippen LogP contribution in [0.15, 0.2) is 29.3 Å². The zero-order chi connectivity index (χ0) is 15.5. The van der Waals surface area contributed by atoms with E-state index in [4.69, 9.17) is 16.3 Å². The second-order valence-electron chi connectivity index (χ2n) is 5.27. The highest BCUT2D eigenvalue weighted by Gasteiger charge is 2.01. The van der Waals surface area contributed by atoms with Gasteiger partial charge in [-0.3, -0.25) is 4.99 Å². The lowest BCUT2D eigenvalue weighted by Gasteiger charge is -2.13. The summed E-state index contributed by atoms with van der Waals surface area (Å²) in [6.45, 7) is 7.38. The van der Waals surface area contributed by atoms with E-state index in [0.29, 0.717) is 12.5 Å². The minimum Gasteiger partial charge on any atom is -0.381 e. The number of hydrogen-bond acceptors (Lipinski definition) is 2. The molecule has 0 fully saturated rings. The SMILES string of the molecule is CN=C(NCCCOCC(C)C)NCc1ccccc1Cl.I.